The predicted molar refractivity (Wildman–Crippen MR) is 112 cm³/mol. The largest absolute Gasteiger partial charge is 0.423 e. The van der Waals surface area contributed by atoms with Gasteiger partial charge in [-0.15, -0.1) is 0 Å². The monoisotopic (exact) mass is 393 g/mol. The maximum Gasteiger partial charge on any atom is 0.336 e. The van der Waals surface area contributed by atoms with Gasteiger partial charge in [-0.1, -0.05) is 12.1 Å². The van der Waals surface area contributed by atoms with E-state index in [4.69, 9.17) is 4.42 Å². The molecule has 1 heterocycles. The highest BCUT2D eigenvalue weighted by molar-refractivity contribution is 5.94. The quantitative estimate of drug-likeness (QED) is 0.629. The molecule has 7 heteroatoms. The number of hydrogen-bond acceptors (Lipinski definition) is 5. The van der Waals surface area contributed by atoms with Crippen LogP contribution in [0.1, 0.15) is 28.4 Å². The van der Waals surface area contributed by atoms with Crippen molar-refractivity contribution in [2.75, 3.05) is 19.4 Å². The second-order valence-corrected chi connectivity index (χ2v) is 6.93. The molecular formula is C22H23N3O4. The Balaban J connectivity index is 1.79. The molecule has 0 atom stereocenters. The minimum absolute atomic E-state index is 0.119. The predicted octanol–water partition coefficient (Wildman–Crippen LogP) is 2.74. The molecule has 0 aliphatic rings. The van der Waals surface area contributed by atoms with Crippen molar-refractivity contribution < 1.29 is 14.0 Å². The molecule has 0 saturated heterocycles. The van der Waals surface area contributed by atoms with Gasteiger partial charge < -0.3 is 15.1 Å². The number of amides is 2. The van der Waals surface area contributed by atoms with Crippen molar-refractivity contribution >= 4 is 28.5 Å². The standard InChI is InChI=1S/C22H23N3O4/c1-14(26)24-18-8-9-19-17(10-21(27)29-20(19)11-18)13-25(3)12-15-4-6-16(7-5-15)22(28)23-2/h4-11H,12-13H2,1-3H3,(H,23,28)(H,24,26). The average Bonchev–Trinajstić information content (AvgIpc) is 2.67. The highest BCUT2D eigenvalue weighted by Crippen LogP contribution is 2.22. The second-order valence-electron chi connectivity index (χ2n) is 6.93. The summed E-state index contributed by atoms with van der Waals surface area (Å²) in [5, 5.41) is 6.11. The van der Waals surface area contributed by atoms with Crippen LogP contribution in [0.5, 0.6) is 0 Å². The fourth-order valence-corrected chi connectivity index (χ4v) is 3.21. The smallest absolute Gasteiger partial charge is 0.336 e. The van der Waals surface area contributed by atoms with Crippen LogP contribution in [-0.4, -0.2) is 30.8 Å². The third kappa shape index (κ3) is 5.08. The Hall–Kier alpha value is -3.45. The zero-order valence-electron chi connectivity index (χ0n) is 16.6. The van der Waals surface area contributed by atoms with E-state index in [-0.39, 0.29) is 11.8 Å². The summed E-state index contributed by atoms with van der Waals surface area (Å²) >= 11 is 0. The topological polar surface area (TPSA) is 91.7 Å². The van der Waals surface area contributed by atoms with Crippen molar-refractivity contribution in [3.63, 3.8) is 0 Å². The van der Waals surface area contributed by atoms with Crippen molar-refractivity contribution in [1.82, 2.24) is 10.2 Å². The van der Waals surface area contributed by atoms with Gasteiger partial charge in [0.1, 0.15) is 5.58 Å². The van der Waals surface area contributed by atoms with Gasteiger partial charge in [0.05, 0.1) is 0 Å². The third-order valence-corrected chi connectivity index (χ3v) is 4.49. The molecular weight excluding hydrogens is 370 g/mol. The molecule has 0 aliphatic heterocycles. The van der Waals surface area contributed by atoms with Gasteiger partial charge in [0.25, 0.3) is 5.91 Å². The Kier molecular flexibility index (Phi) is 6.09. The third-order valence-electron chi connectivity index (χ3n) is 4.49. The normalized spacial score (nSPS) is 10.9. The molecule has 2 N–H and O–H groups in total. The zero-order chi connectivity index (χ0) is 21.0. The van der Waals surface area contributed by atoms with Crippen LogP contribution in [0.3, 0.4) is 0 Å². The molecule has 0 saturated carbocycles. The summed E-state index contributed by atoms with van der Waals surface area (Å²) in [5.41, 5.74) is 3.09. The molecule has 29 heavy (non-hydrogen) atoms. The van der Waals surface area contributed by atoms with Gasteiger partial charge in [0.2, 0.25) is 5.91 Å². The molecule has 150 valence electrons. The fourth-order valence-electron chi connectivity index (χ4n) is 3.21. The van der Waals surface area contributed by atoms with Crippen LogP contribution in [0.4, 0.5) is 5.69 Å². The molecule has 0 fully saturated rings. The first-order valence-electron chi connectivity index (χ1n) is 9.19. The average molecular weight is 393 g/mol. The highest BCUT2D eigenvalue weighted by atomic mass is 16.4. The van der Waals surface area contributed by atoms with Crippen LogP contribution < -0.4 is 16.3 Å². The minimum Gasteiger partial charge on any atom is -0.423 e. The Labute approximate surface area is 168 Å². The lowest BCUT2D eigenvalue weighted by atomic mass is 10.1. The van der Waals surface area contributed by atoms with Gasteiger partial charge in [-0.05, 0) is 42.4 Å². The molecule has 0 unspecified atom stereocenters. The summed E-state index contributed by atoms with van der Waals surface area (Å²) in [5.74, 6) is -0.309. The summed E-state index contributed by atoms with van der Waals surface area (Å²) in [6, 6.07) is 14.2. The summed E-state index contributed by atoms with van der Waals surface area (Å²) in [7, 11) is 3.56. The summed E-state index contributed by atoms with van der Waals surface area (Å²) < 4.78 is 5.31. The van der Waals surface area contributed by atoms with E-state index in [1.807, 2.05) is 25.2 Å². The van der Waals surface area contributed by atoms with Crippen molar-refractivity contribution in [2.24, 2.45) is 0 Å². The van der Waals surface area contributed by atoms with E-state index >= 15 is 0 Å². The van der Waals surface area contributed by atoms with Gasteiger partial charge in [0, 0.05) is 55.8 Å². The molecule has 2 amide bonds. The summed E-state index contributed by atoms with van der Waals surface area (Å²) in [6.45, 7) is 2.62. The molecule has 1 aromatic heterocycles. The molecule has 0 radical (unpaired) electrons. The number of fused-ring (bicyclic) bond motifs is 1. The number of anilines is 1. The van der Waals surface area contributed by atoms with E-state index in [0.717, 1.165) is 16.5 Å². The Morgan fingerprint density at radius 2 is 1.76 bits per heavy atom. The van der Waals surface area contributed by atoms with E-state index < -0.39 is 5.63 Å². The first-order valence-corrected chi connectivity index (χ1v) is 9.19. The molecule has 2 aromatic carbocycles. The first-order chi connectivity index (χ1) is 13.9. The van der Waals surface area contributed by atoms with Crippen LogP contribution >= 0.6 is 0 Å². The van der Waals surface area contributed by atoms with Crippen LogP contribution in [0.2, 0.25) is 0 Å². The van der Waals surface area contributed by atoms with E-state index in [2.05, 4.69) is 15.5 Å². The minimum atomic E-state index is -0.434. The lowest BCUT2D eigenvalue weighted by Crippen LogP contribution is -2.19. The number of rotatable bonds is 6. The molecule has 3 rings (SSSR count). The molecule has 7 nitrogen and oxygen atoms in total. The Bertz CT molecular complexity index is 1100. The van der Waals surface area contributed by atoms with Crippen LogP contribution in [0.15, 0.2) is 57.7 Å². The molecule has 3 aromatic rings. The summed E-state index contributed by atoms with van der Waals surface area (Å²) in [6.07, 6.45) is 0. The zero-order valence-corrected chi connectivity index (χ0v) is 16.6. The van der Waals surface area contributed by atoms with Crippen molar-refractivity contribution in [1.29, 1.82) is 0 Å². The number of nitrogens with zero attached hydrogens (tertiary/aromatic N) is 1. The van der Waals surface area contributed by atoms with Crippen molar-refractivity contribution in [2.45, 2.75) is 20.0 Å². The molecule has 0 aliphatic carbocycles. The van der Waals surface area contributed by atoms with E-state index in [1.165, 1.54) is 13.0 Å². The number of hydrogen-bond donors (Lipinski definition) is 2. The lowest BCUT2D eigenvalue weighted by molar-refractivity contribution is -0.114. The summed E-state index contributed by atoms with van der Waals surface area (Å²) in [4.78, 5) is 37.0. The Morgan fingerprint density at radius 3 is 2.41 bits per heavy atom. The van der Waals surface area contributed by atoms with Gasteiger partial charge in [0.15, 0.2) is 0 Å². The van der Waals surface area contributed by atoms with Gasteiger partial charge in [-0.25, -0.2) is 4.79 Å². The van der Waals surface area contributed by atoms with Gasteiger partial charge in [-0.3, -0.25) is 14.5 Å². The van der Waals surface area contributed by atoms with E-state index in [1.54, 1.807) is 31.3 Å². The number of carbonyl (C=O) groups excluding carboxylic acids is 2. The number of benzene rings is 2. The van der Waals surface area contributed by atoms with Crippen LogP contribution in [0, 0.1) is 0 Å². The van der Waals surface area contributed by atoms with E-state index in [0.29, 0.717) is 29.9 Å². The Morgan fingerprint density at radius 1 is 1.03 bits per heavy atom. The van der Waals surface area contributed by atoms with Crippen LogP contribution in [-0.2, 0) is 17.9 Å². The SMILES string of the molecule is CNC(=O)c1ccc(CN(C)Cc2cc(=O)oc3cc(NC(C)=O)ccc23)cc1. The number of carbonyl (C=O) groups is 2. The molecule has 0 bridgehead atoms. The van der Waals surface area contributed by atoms with Gasteiger partial charge in [-0.2, -0.15) is 0 Å². The second kappa shape index (κ2) is 8.70. The van der Waals surface area contributed by atoms with Crippen molar-refractivity contribution in [3.8, 4) is 0 Å². The lowest BCUT2D eigenvalue weighted by Gasteiger charge is -2.18. The van der Waals surface area contributed by atoms with E-state index in [9.17, 15) is 14.4 Å². The maximum absolute atomic E-state index is 12.0. The maximum atomic E-state index is 12.0. The fraction of sp³-hybridized carbons (Fsp3) is 0.227. The molecule has 0 spiro atoms. The number of nitrogens with one attached hydrogen (secondary N) is 2. The van der Waals surface area contributed by atoms with Crippen LogP contribution in [0.25, 0.3) is 11.0 Å². The van der Waals surface area contributed by atoms with Crippen molar-refractivity contribution in [3.05, 3.63) is 75.6 Å². The highest BCUT2D eigenvalue weighted by Gasteiger charge is 2.11. The van der Waals surface area contributed by atoms with Gasteiger partial charge >= 0.3 is 5.63 Å². The first kappa shape index (κ1) is 20.3.